The molecule has 0 aliphatic carbocycles. The van der Waals surface area contributed by atoms with Gasteiger partial charge in [-0.05, 0) is 6.42 Å². The molecule has 21 heavy (non-hydrogen) atoms. The summed E-state index contributed by atoms with van der Waals surface area (Å²) in [6.07, 6.45) is 4.08. The van der Waals surface area contributed by atoms with Crippen LogP contribution in [0.2, 0.25) is 0 Å². The van der Waals surface area contributed by atoms with Crippen LogP contribution in [-0.2, 0) is 25.9 Å². The summed E-state index contributed by atoms with van der Waals surface area (Å²) in [7, 11) is 0. The maximum Gasteiger partial charge on any atom is 0.268 e. The highest BCUT2D eigenvalue weighted by molar-refractivity contribution is 4.85. The first-order chi connectivity index (χ1) is 10.2. The summed E-state index contributed by atoms with van der Waals surface area (Å²) < 4.78 is 13.4. The molecular weight excluding hydrogens is 272 g/mol. The molecule has 2 aromatic heterocycles. The van der Waals surface area contributed by atoms with Gasteiger partial charge in [0.2, 0.25) is 11.4 Å². The topological polar surface area (TPSA) is 110 Å². The smallest absolute Gasteiger partial charge is 0.268 e. The maximum atomic E-state index is 7.75. The SMILES string of the molecule is CCC[n+]1[n-]oc(=N)c1CCCc1c(=N)o[n-][n+]1CCC. The molecule has 0 amide bonds. The molecule has 0 bridgehead atoms. The summed E-state index contributed by atoms with van der Waals surface area (Å²) in [5, 5.41) is 23.2. The summed E-state index contributed by atoms with van der Waals surface area (Å²) in [6.45, 7) is 5.63. The Morgan fingerprint density at radius 1 is 0.857 bits per heavy atom. The van der Waals surface area contributed by atoms with Crippen LogP contribution in [0.3, 0.4) is 0 Å². The summed E-state index contributed by atoms with van der Waals surface area (Å²) >= 11 is 0. The van der Waals surface area contributed by atoms with E-state index in [1.54, 1.807) is 9.36 Å². The van der Waals surface area contributed by atoms with Crippen LogP contribution in [0.15, 0.2) is 9.05 Å². The molecule has 2 N–H and O–H groups in total. The van der Waals surface area contributed by atoms with Gasteiger partial charge >= 0.3 is 0 Å². The minimum atomic E-state index is 0.126. The van der Waals surface area contributed by atoms with Gasteiger partial charge < -0.3 is 9.05 Å². The fourth-order valence-corrected chi connectivity index (χ4v) is 2.30. The van der Waals surface area contributed by atoms with Crippen molar-refractivity contribution in [3.05, 3.63) is 22.5 Å². The predicted molar refractivity (Wildman–Crippen MR) is 68.8 cm³/mol. The molecule has 0 aliphatic rings. The van der Waals surface area contributed by atoms with Crippen molar-refractivity contribution in [2.75, 3.05) is 0 Å². The van der Waals surface area contributed by atoms with Gasteiger partial charge in [-0.1, -0.05) is 13.8 Å². The van der Waals surface area contributed by atoms with Crippen molar-refractivity contribution in [3.63, 3.8) is 0 Å². The lowest BCUT2D eigenvalue weighted by Crippen LogP contribution is -2.43. The molecule has 0 unspecified atom stereocenters. The van der Waals surface area contributed by atoms with Crippen LogP contribution in [0, 0.1) is 10.8 Å². The average Bonchev–Trinajstić information content (AvgIpc) is 2.98. The maximum absolute atomic E-state index is 7.75. The lowest BCUT2D eigenvalue weighted by Gasteiger charge is -2.01. The number of rotatable bonds is 8. The summed E-state index contributed by atoms with van der Waals surface area (Å²) in [6, 6.07) is 0. The quantitative estimate of drug-likeness (QED) is 0.628. The molecule has 0 atom stereocenters. The lowest BCUT2D eigenvalue weighted by molar-refractivity contribution is -0.774. The normalized spacial score (nSPS) is 11.1. The van der Waals surface area contributed by atoms with Crippen LogP contribution in [0.1, 0.15) is 44.5 Å². The number of hydrogen-bond donors (Lipinski definition) is 2. The van der Waals surface area contributed by atoms with Crippen molar-refractivity contribution < 1.29 is 18.4 Å². The van der Waals surface area contributed by atoms with E-state index in [0.29, 0.717) is 12.8 Å². The van der Waals surface area contributed by atoms with Gasteiger partial charge in [0.25, 0.3) is 11.1 Å². The van der Waals surface area contributed by atoms with E-state index in [2.05, 4.69) is 24.4 Å². The molecule has 116 valence electrons. The second kappa shape index (κ2) is 7.05. The highest BCUT2D eigenvalue weighted by Crippen LogP contribution is 1.97. The predicted octanol–water partition coefficient (Wildman–Crippen LogP) is -0.684. The van der Waals surface area contributed by atoms with Gasteiger partial charge in [-0.3, -0.25) is 21.4 Å². The van der Waals surface area contributed by atoms with E-state index in [-0.39, 0.29) is 11.1 Å². The van der Waals surface area contributed by atoms with Crippen molar-refractivity contribution in [1.29, 1.82) is 10.8 Å². The zero-order valence-electron chi connectivity index (χ0n) is 12.6. The first-order valence-corrected chi connectivity index (χ1v) is 7.37. The second-order valence-electron chi connectivity index (χ2n) is 5.00. The van der Waals surface area contributed by atoms with Crippen LogP contribution in [0.5, 0.6) is 0 Å². The molecule has 2 heterocycles. The molecule has 8 nitrogen and oxygen atoms in total. The van der Waals surface area contributed by atoms with Gasteiger partial charge in [-0.25, -0.2) is 9.36 Å². The van der Waals surface area contributed by atoms with Crippen molar-refractivity contribution in [1.82, 2.24) is 10.5 Å². The van der Waals surface area contributed by atoms with E-state index in [0.717, 1.165) is 43.7 Å². The van der Waals surface area contributed by atoms with Crippen LogP contribution in [0.25, 0.3) is 0 Å². The molecule has 0 spiro atoms. The van der Waals surface area contributed by atoms with Crippen LogP contribution >= 0.6 is 0 Å². The standard InChI is InChI=1S/C13H22N6O2/c1-3-8-18-10(12(14)20-16-18)6-5-7-11-13(15)21-17-19(11)9-4-2/h14-15H,3-9H2,1-2H3. The fraction of sp³-hybridized carbons (Fsp3) is 0.692. The average molecular weight is 294 g/mol. The third kappa shape index (κ3) is 3.50. The molecule has 0 aliphatic heterocycles. The zero-order chi connectivity index (χ0) is 15.2. The van der Waals surface area contributed by atoms with Crippen molar-refractivity contribution in [2.24, 2.45) is 0 Å². The molecule has 0 saturated carbocycles. The molecule has 8 heteroatoms. The van der Waals surface area contributed by atoms with E-state index in [1.165, 1.54) is 0 Å². The number of nitrogens with one attached hydrogen (secondary N) is 2. The van der Waals surface area contributed by atoms with E-state index in [9.17, 15) is 0 Å². The lowest BCUT2D eigenvalue weighted by atomic mass is 10.1. The minimum Gasteiger partial charge on any atom is -0.487 e. The minimum absolute atomic E-state index is 0.126. The second-order valence-corrected chi connectivity index (χ2v) is 5.00. The van der Waals surface area contributed by atoms with E-state index < -0.39 is 0 Å². The molecular formula is C13H22N6O2. The van der Waals surface area contributed by atoms with Crippen LogP contribution in [0.4, 0.5) is 0 Å². The Labute approximate surface area is 122 Å². The first kappa shape index (κ1) is 15.3. The van der Waals surface area contributed by atoms with E-state index in [1.807, 2.05) is 0 Å². The molecule has 2 aromatic rings. The van der Waals surface area contributed by atoms with Crippen molar-refractivity contribution >= 4 is 0 Å². The Morgan fingerprint density at radius 2 is 1.29 bits per heavy atom. The van der Waals surface area contributed by atoms with Crippen LogP contribution in [-0.4, -0.2) is 0 Å². The van der Waals surface area contributed by atoms with Gasteiger partial charge in [-0.2, -0.15) is 0 Å². The number of aryl methyl sites for hydroxylation is 2. The van der Waals surface area contributed by atoms with Crippen molar-refractivity contribution in [2.45, 2.75) is 59.0 Å². The number of aromatic nitrogens is 4. The fourth-order valence-electron chi connectivity index (χ4n) is 2.30. The monoisotopic (exact) mass is 294 g/mol. The van der Waals surface area contributed by atoms with E-state index in [4.69, 9.17) is 19.9 Å². The Morgan fingerprint density at radius 3 is 1.67 bits per heavy atom. The Bertz CT molecular complexity index is 619. The highest BCUT2D eigenvalue weighted by Gasteiger charge is 2.15. The number of hydrogen-bond acceptors (Lipinski definition) is 4. The molecule has 0 fully saturated rings. The highest BCUT2D eigenvalue weighted by atomic mass is 16.5. The van der Waals surface area contributed by atoms with Gasteiger partial charge in [-0.15, -0.1) is 0 Å². The zero-order valence-corrected chi connectivity index (χ0v) is 12.6. The third-order valence-corrected chi connectivity index (χ3v) is 3.31. The first-order valence-electron chi connectivity index (χ1n) is 7.37. The van der Waals surface area contributed by atoms with Gasteiger partial charge in [0.15, 0.2) is 0 Å². The molecule has 0 saturated heterocycles. The third-order valence-electron chi connectivity index (χ3n) is 3.31. The summed E-state index contributed by atoms with van der Waals surface area (Å²) in [5.41, 5.74) is 1.87. The van der Waals surface area contributed by atoms with Gasteiger partial charge in [0, 0.05) is 25.7 Å². The number of nitrogens with zero attached hydrogens (tertiary/aromatic N) is 4. The molecule has 0 aromatic carbocycles. The molecule has 0 radical (unpaired) electrons. The van der Waals surface area contributed by atoms with Gasteiger partial charge in [0.1, 0.15) is 13.1 Å². The Kier molecular flexibility index (Phi) is 5.13. The van der Waals surface area contributed by atoms with Gasteiger partial charge in [0.05, 0.1) is 0 Å². The summed E-state index contributed by atoms with van der Waals surface area (Å²) in [5.74, 6) is 0. The van der Waals surface area contributed by atoms with Crippen LogP contribution < -0.4 is 31.0 Å². The Hall–Kier alpha value is -2.12. The van der Waals surface area contributed by atoms with E-state index >= 15 is 0 Å². The summed E-state index contributed by atoms with van der Waals surface area (Å²) in [4.78, 5) is 0. The largest absolute Gasteiger partial charge is 0.487 e. The Balaban J connectivity index is 2.02. The molecule has 2 rings (SSSR count). The van der Waals surface area contributed by atoms with Crippen molar-refractivity contribution in [3.8, 4) is 0 Å².